The third-order valence-electron chi connectivity index (χ3n) is 5.67. The topological polar surface area (TPSA) is 87.2 Å². The van der Waals surface area contributed by atoms with Crippen molar-refractivity contribution in [2.75, 3.05) is 23.3 Å². The molecule has 0 radical (unpaired) electrons. The lowest BCUT2D eigenvalue weighted by Crippen LogP contribution is -2.49. The normalized spacial score (nSPS) is 18.9. The number of benzene rings is 1. The van der Waals surface area contributed by atoms with Gasteiger partial charge in [0.15, 0.2) is 5.78 Å². The van der Waals surface area contributed by atoms with E-state index in [-0.39, 0.29) is 17.9 Å². The molecule has 1 aliphatic heterocycles. The van der Waals surface area contributed by atoms with E-state index < -0.39 is 0 Å². The predicted octanol–water partition coefficient (Wildman–Crippen LogP) is 3.35. The standard InChI is InChI=1S/C22H27N5O2/c1-2-16-12-21(24-14-23-16)27-10-4-6-18(13-27)26-22(29)25-17-9-8-15-5-3-7-20(28)19(15)11-17/h8-9,11-12,14,18H,2-7,10,13H2,1H3,(H2,25,26,29). The Balaban J connectivity index is 1.37. The number of Topliss-reactive ketones (excluding diaryl/α,β-unsaturated/α-hetero) is 1. The molecule has 0 saturated carbocycles. The van der Waals surface area contributed by atoms with Crippen LogP contribution in [0.2, 0.25) is 0 Å². The number of rotatable bonds is 4. The van der Waals surface area contributed by atoms with Crippen LogP contribution in [0, 0.1) is 0 Å². The van der Waals surface area contributed by atoms with E-state index in [9.17, 15) is 9.59 Å². The van der Waals surface area contributed by atoms with Crippen molar-refractivity contribution in [3.8, 4) is 0 Å². The van der Waals surface area contributed by atoms with Gasteiger partial charge in [0.1, 0.15) is 12.1 Å². The molecule has 2 N–H and O–H groups in total. The average molecular weight is 393 g/mol. The van der Waals surface area contributed by atoms with Crippen molar-refractivity contribution in [2.24, 2.45) is 0 Å². The lowest BCUT2D eigenvalue weighted by atomic mass is 9.90. The first kappa shape index (κ1) is 19.4. The molecule has 2 aromatic rings. The molecular formula is C22H27N5O2. The number of carbonyl (C=O) groups excluding carboxylic acids is 2. The van der Waals surface area contributed by atoms with Gasteiger partial charge < -0.3 is 15.5 Å². The summed E-state index contributed by atoms with van der Waals surface area (Å²) in [4.78, 5) is 35.5. The molecule has 2 amide bonds. The summed E-state index contributed by atoms with van der Waals surface area (Å²) in [6, 6.07) is 7.45. The van der Waals surface area contributed by atoms with Crippen molar-refractivity contribution < 1.29 is 9.59 Å². The van der Waals surface area contributed by atoms with Crippen molar-refractivity contribution in [3.05, 3.63) is 47.4 Å². The zero-order valence-electron chi connectivity index (χ0n) is 16.8. The number of carbonyl (C=O) groups is 2. The first-order chi connectivity index (χ1) is 14.1. The van der Waals surface area contributed by atoms with Gasteiger partial charge in [0.05, 0.1) is 0 Å². The number of hydrogen-bond donors (Lipinski definition) is 2. The molecule has 1 unspecified atom stereocenters. The highest BCUT2D eigenvalue weighted by Crippen LogP contribution is 2.24. The summed E-state index contributed by atoms with van der Waals surface area (Å²) in [6.45, 7) is 3.72. The molecule has 152 valence electrons. The average Bonchev–Trinajstić information content (AvgIpc) is 2.74. The zero-order valence-corrected chi connectivity index (χ0v) is 16.8. The molecule has 0 spiro atoms. The fourth-order valence-corrected chi connectivity index (χ4v) is 4.11. The summed E-state index contributed by atoms with van der Waals surface area (Å²) in [5.41, 5.74) is 3.50. The van der Waals surface area contributed by atoms with Crippen LogP contribution in [0.3, 0.4) is 0 Å². The van der Waals surface area contributed by atoms with Gasteiger partial charge in [-0.2, -0.15) is 0 Å². The van der Waals surface area contributed by atoms with E-state index in [4.69, 9.17) is 0 Å². The smallest absolute Gasteiger partial charge is 0.319 e. The van der Waals surface area contributed by atoms with Gasteiger partial charge in [-0.05, 0) is 49.8 Å². The lowest BCUT2D eigenvalue weighted by Gasteiger charge is -2.34. The van der Waals surface area contributed by atoms with Crippen molar-refractivity contribution in [3.63, 3.8) is 0 Å². The highest BCUT2D eigenvalue weighted by atomic mass is 16.2. The van der Waals surface area contributed by atoms with Gasteiger partial charge >= 0.3 is 6.03 Å². The third kappa shape index (κ3) is 4.55. The van der Waals surface area contributed by atoms with Crippen LogP contribution >= 0.6 is 0 Å². The Labute approximate surface area is 170 Å². The minimum atomic E-state index is -0.239. The third-order valence-corrected chi connectivity index (χ3v) is 5.67. The van der Waals surface area contributed by atoms with E-state index >= 15 is 0 Å². The summed E-state index contributed by atoms with van der Waals surface area (Å²) in [5, 5.41) is 5.95. The monoisotopic (exact) mass is 393 g/mol. The Morgan fingerprint density at radius 3 is 2.97 bits per heavy atom. The summed E-state index contributed by atoms with van der Waals surface area (Å²) in [7, 11) is 0. The highest BCUT2D eigenvalue weighted by Gasteiger charge is 2.23. The summed E-state index contributed by atoms with van der Waals surface area (Å²) in [6.07, 6.45) is 6.81. The molecule has 1 saturated heterocycles. The summed E-state index contributed by atoms with van der Waals surface area (Å²) < 4.78 is 0. The maximum absolute atomic E-state index is 12.5. The Hall–Kier alpha value is -2.96. The number of fused-ring (bicyclic) bond motifs is 1. The molecule has 2 heterocycles. The molecule has 7 heteroatoms. The first-order valence-electron chi connectivity index (χ1n) is 10.4. The van der Waals surface area contributed by atoms with E-state index in [1.54, 1.807) is 12.4 Å². The number of piperidine rings is 1. The van der Waals surface area contributed by atoms with Crippen molar-refractivity contribution >= 4 is 23.3 Å². The first-order valence-corrected chi connectivity index (χ1v) is 10.4. The van der Waals surface area contributed by atoms with Gasteiger partial charge in [-0.1, -0.05) is 13.0 Å². The molecule has 0 bridgehead atoms. The summed E-state index contributed by atoms with van der Waals surface area (Å²) >= 11 is 0. The number of aromatic nitrogens is 2. The lowest BCUT2D eigenvalue weighted by molar-refractivity contribution is 0.0972. The SMILES string of the molecule is CCc1cc(N2CCCC(NC(=O)Nc3ccc4c(c3)C(=O)CCC4)C2)ncn1. The molecule has 1 atom stereocenters. The van der Waals surface area contributed by atoms with Crippen molar-refractivity contribution in [1.82, 2.24) is 15.3 Å². The highest BCUT2D eigenvalue weighted by molar-refractivity contribution is 6.00. The van der Waals surface area contributed by atoms with Crippen LogP contribution in [0.4, 0.5) is 16.3 Å². The van der Waals surface area contributed by atoms with E-state index in [1.165, 1.54) is 0 Å². The van der Waals surface area contributed by atoms with Crippen LogP contribution in [0.5, 0.6) is 0 Å². The molecule has 1 aliphatic carbocycles. The molecule has 1 aromatic heterocycles. The number of aryl methyl sites for hydroxylation is 2. The van der Waals surface area contributed by atoms with Crippen LogP contribution in [-0.4, -0.2) is 40.9 Å². The molecule has 4 rings (SSSR count). The molecule has 29 heavy (non-hydrogen) atoms. The second-order valence-corrected chi connectivity index (χ2v) is 7.75. The molecule has 1 aromatic carbocycles. The van der Waals surface area contributed by atoms with E-state index in [0.717, 1.165) is 67.8 Å². The Bertz CT molecular complexity index is 914. The van der Waals surface area contributed by atoms with Crippen LogP contribution in [0.1, 0.15) is 54.2 Å². The van der Waals surface area contributed by atoms with Gasteiger partial charge in [0.2, 0.25) is 0 Å². The van der Waals surface area contributed by atoms with Crippen LogP contribution in [0.15, 0.2) is 30.6 Å². The molecule has 7 nitrogen and oxygen atoms in total. The number of nitrogens with zero attached hydrogens (tertiary/aromatic N) is 3. The number of ketones is 1. The van der Waals surface area contributed by atoms with Crippen LogP contribution < -0.4 is 15.5 Å². The minimum Gasteiger partial charge on any atom is -0.354 e. The van der Waals surface area contributed by atoms with Crippen LogP contribution in [0.25, 0.3) is 0 Å². The Morgan fingerprint density at radius 1 is 1.21 bits per heavy atom. The molecule has 1 fully saturated rings. The van der Waals surface area contributed by atoms with Crippen molar-refractivity contribution in [1.29, 1.82) is 0 Å². The van der Waals surface area contributed by atoms with Gasteiger partial charge in [-0.25, -0.2) is 14.8 Å². The summed E-state index contributed by atoms with van der Waals surface area (Å²) in [5.74, 6) is 1.08. The van der Waals surface area contributed by atoms with E-state index in [1.807, 2.05) is 18.2 Å². The minimum absolute atomic E-state index is 0.0445. The molecule has 2 aliphatic rings. The molecular weight excluding hydrogens is 366 g/mol. The number of amides is 2. The van der Waals surface area contributed by atoms with E-state index in [0.29, 0.717) is 12.1 Å². The predicted molar refractivity (Wildman–Crippen MR) is 113 cm³/mol. The van der Waals surface area contributed by atoms with Crippen molar-refractivity contribution in [2.45, 2.75) is 51.5 Å². The quantitative estimate of drug-likeness (QED) is 0.832. The maximum Gasteiger partial charge on any atom is 0.319 e. The number of urea groups is 1. The Morgan fingerprint density at radius 2 is 2.10 bits per heavy atom. The second kappa shape index (κ2) is 8.59. The van der Waals surface area contributed by atoms with Gasteiger partial charge in [0, 0.05) is 48.6 Å². The Kier molecular flexibility index (Phi) is 5.74. The van der Waals surface area contributed by atoms with Gasteiger partial charge in [-0.3, -0.25) is 4.79 Å². The fraction of sp³-hybridized carbons (Fsp3) is 0.455. The van der Waals surface area contributed by atoms with Gasteiger partial charge in [-0.15, -0.1) is 0 Å². The zero-order chi connectivity index (χ0) is 20.2. The number of hydrogen-bond acceptors (Lipinski definition) is 5. The van der Waals surface area contributed by atoms with Crippen LogP contribution in [-0.2, 0) is 12.8 Å². The number of nitrogens with one attached hydrogen (secondary N) is 2. The van der Waals surface area contributed by atoms with E-state index in [2.05, 4.69) is 32.4 Å². The largest absolute Gasteiger partial charge is 0.354 e. The fourth-order valence-electron chi connectivity index (χ4n) is 4.11. The maximum atomic E-state index is 12.5. The second-order valence-electron chi connectivity index (χ2n) is 7.75. The van der Waals surface area contributed by atoms with Gasteiger partial charge in [0.25, 0.3) is 0 Å². The number of anilines is 2.